The maximum Gasteiger partial charge on any atom is 0.191 e. The van der Waals surface area contributed by atoms with Crippen molar-refractivity contribution >= 4 is 35.6 Å². The largest absolute Gasteiger partial charge is 0.356 e. The molecule has 0 aliphatic heterocycles. The Kier molecular flexibility index (Phi) is 6.36. The Labute approximate surface area is 177 Å². The third-order valence-corrected chi connectivity index (χ3v) is 5.15. The van der Waals surface area contributed by atoms with Gasteiger partial charge in [0.15, 0.2) is 5.96 Å². The van der Waals surface area contributed by atoms with Crippen LogP contribution in [0.15, 0.2) is 65.9 Å². The minimum atomic E-state index is 0. The molecule has 0 radical (unpaired) electrons. The number of halogens is 1. The van der Waals surface area contributed by atoms with E-state index in [4.69, 9.17) is 0 Å². The lowest BCUT2D eigenvalue weighted by molar-refractivity contribution is 0.645. The highest BCUT2D eigenvalue weighted by Gasteiger charge is 2.43. The summed E-state index contributed by atoms with van der Waals surface area (Å²) in [6, 6.07) is 16.8. The van der Waals surface area contributed by atoms with Gasteiger partial charge in [0.05, 0.1) is 5.69 Å². The van der Waals surface area contributed by atoms with E-state index in [1.54, 1.807) is 0 Å². The van der Waals surface area contributed by atoms with Gasteiger partial charge in [-0.2, -0.15) is 0 Å². The van der Waals surface area contributed by atoms with Crippen molar-refractivity contribution in [1.29, 1.82) is 0 Å². The number of pyridine rings is 1. The second-order valence-corrected chi connectivity index (χ2v) is 6.95. The standard InChI is InChI=1S/C21H25N5.HI/c1-22-20(24-16-21(11-12-21)17-7-3-2-4-8-17)23-13-10-18-15-26-14-6-5-9-19(26)25-18;/h2-9,14-15H,10-13,16H2,1H3,(H2,22,23,24);1H. The molecule has 3 aromatic rings. The smallest absolute Gasteiger partial charge is 0.191 e. The fourth-order valence-corrected chi connectivity index (χ4v) is 3.40. The maximum atomic E-state index is 4.63. The normalized spacial score (nSPS) is 15.2. The molecule has 1 aromatic carbocycles. The van der Waals surface area contributed by atoms with Gasteiger partial charge in [0.25, 0.3) is 0 Å². The first kappa shape index (κ1) is 19.7. The summed E-state index contributed by atoms with van der Waals surface area (Å²) in [5.41, 5.74) is 3.78. The quantitative estimate of drug-likeness (QED) is 0.327. The number of aromatic nitrogens is 2. The van der Waals surface area contributed by atoms with E-state index in [-0.39, 0.29) is 29.4 Å². The van der Waals surface area contributed by atoms with Crippen LogP contribution in [0.3, 0.4) is 0 Å². The topological polar surface area (TPSA) is 53.7 Å². The Balaban J connectivity index is 0.00000210. The molecule has 1 saturated carbocycles. The van der Waals surface area contributed by atoms with E-state index in [1.165, 1.54) is 18.4 Å². The SMILES string of the molecule is CN=C(NCCc1cn2ccccc2n1)NCC1(c2ccccc2)CC1.I. The molecule has 5 nitrogen and oxygen atoms in total. The predicted molar refractivity (Wildman–Crippen MR) is 121 cm³/mol. The molecule has 2 aromatic heterocycles. The van der Waals surface area contributed by atoms with Crippen molar-refractivity contribution < 1.29 is 0 Å². The molecule has 1 fully saturated rings. The number of rotatable bonds is 6. The molecule has 4 rings (SSSR count). The van der Waals surface area contributed by atoms with Gasteiger partial charge in [-0.1, -0.05) is 36.4 Å². The second-order valence-electron chi connectivity index (χ2n) is 6.95. The third-order valence-electron chi connectivity index (χ3n) is 5.15. The van der Waals surface area contributed by atoms with E-state index in [0.717, 1.165) is 36.8 Å². The van der Waals surface area contributed by atoms with Crippen molar-refractivity contribution in [3.63, 3.8) is 0 Å². The lowest BCUT2D eigenvalue weighted by Crippen LogP contribution is -2.42. The summed E-state index contributed by atoms with van der Waals surface area (Å²) in [6.07, 6.45) is 7.46. The van der Waals surface area contributed by atoms with Crippen LogP contribution in [0.25, 0.3) is 5.65 Å². The number of fused-ring (bicyclic) bond motifs is 1. The molecule has 0 amide bonds. The van der Waals surface area contributed by atoms with Crippen molar-refractivity contribution in [3.8, 4) is 0 Å². The maximum absolute atomic E-state index is 4.63. The zero-order chi connectivity index (χ0) is 17.8. The predicted octanol–water partition coefficient (Wildman–Crippen LogP) is 3.39. The Bertz CT molecular complexity index is 866. The molecular weight excluding hydrogens is 449 g/mol. The zero-order valence-corrected chi connectivity index (χ0v) is 17.9. The van der Waals surface area contributed by atoms with Crippen LogP contribution >= 0.6 is 24.0 Å². The van der Waals surface area contributed by atoms with E-state index in [9.17, 15) is 0 Å². The third kappa shape index (κ3) is 4.61. The molecule has 0 unspecified atom stereocenters. The summed E-state index contributed by atoms with van der Waals surface area (Å²) in [4.78, 5) is 8.99. The average molecular weight is 475 g/mol. The highest BCUT2D eigenvalue weighted by Crippen LogP contribution is 2.47. The highest BCUT2D eigenvalue weighted by molar-refractivity contribution is 14.0. The van der Waals surface area contributed by atoms with E-state index >= 15 is 0 Å². The van der Waals surface area contributed by atoms with Crippen LogP contribution in [0.2, 0.25) is 0 Å². The van der Waals surface area contributed by atoms with Gasteiger partial charge in [0.1, 0.15) is 5.65 Å². The van der Waals surface area contributed by atoms with Crippen LogP contribution in [0, 0.1) is 0 Å². The molecular formula is C21H26IN5. The van der Waals surface area contributed by atoms with Crippen molar-refractivity contribution in [2.24, 2.45) is 4.99 Å². The van der Waals surface area contributed by atoms with Gasteiger partial charge >= 0.3 is 0 Å². The number of guanidine groups is 1. The fourth-order valence-electron chi connectivity index (χ4n) is 3.40. The summed E-state index contributed by atoms with van der Waals surface area (Å²) in [5.74, 6) is 0.857. The lowest BCUT2D eigenvalue weighted by Gasteiger charge is -2.19. The molecule has 0 saturated heterocycles. The number of aliphatic imine (C=N–C) groups is 1. The molecule has 0 spiro atoms. The van der Waals surface area contributed by atoms with E-state index in [1.807, 2.05) is 31.4 Å². The number of hydrogen-bond acceptors (Lipinski definition) is 2. The van der Waals surface area contributed by atoms with Crippen molar-refractivity contribution in [3.05, 3.63) is 72.2 Å². The number of nitrogens with zero attached hydrogens (tertiary/aromatic N) is 3. The number of hydrogen-bond donors (Lipinski definition) is 2. The Morgan fingerprint density at radius 3 is 2.59 bits per heavy atom. The highest BCUT2D eigenvalue weighted by atomic mass is 127. The molecule has 1 aliphatic rings. The van der Waals surface area contributed by atoms with E-state index in [0.29, 0.717) is 0 Å². The second kappa shape index (κ2) is 8.73. The number of benzene rings is 1. The van der Waals surface area contributed by atoms with Crippen LogP contribution in [-0.4, -0.2) is 35.5 Å². The van der Waals surface area contributed by atoms with Gasteiger partial charge in [0.2, 0.25) is 0 Å². The van der Waals surface area contributed by atoms with E-state index in [2.05, 4.69) is 61.5 Å². The summed E-state index contributed by atoms with van der Waals surface area (Å²) >= 11 is 0. The van der Waals surface area contributed by atoms with Crippen LogP contribution in [0.1, 0.15) is 24.1 Å². The van der Waals surface area contributed by atoms with Crippen LogP contribution in [-0.2, 0) is 11.8 Å². The lowest BCUT2D eigenvalue weighted by atomic mass is 9.96. The van der Waals surface area contributed by atoms with Crippen molar-refractivity contribution in [1.82, 2.24) is 20.0 Å². The van der Waals surface area contributed by atoms with Crippen LogP contribution in [0.4, 0.5) is 0 Å². The summed E-state index contributed by atoms with van der Waals surface area (Å²) in [6.45, 7) is 1.73. The van der Waals surface area contributed by atoms with Crippen LogP contribution < -0.4 is 10.6 Å². The summed E-state index contributed by atoms with van der Waals surface area (Å²) in [5, 5.41) is 6.90. The molecule has 142 valence electrons. The van der Waals surface area contributed by atoms with Gasteiger partial charge in [-0.15, -0.1) is 24.0 Å². The van der Waals surface area contributed by atoms with Gasteiger partial charge in [-0.3, -0.25) is 4.99 Å². The fraction of sp³-hybridized carbons (Fsp3) is 0.333. The van der Waals surface area contributed by atoms with Gasteiger partial charge in [-0.25, -0.2) is 4.98 Å². The van der Waals surface area contributed by atoms with Gasteiger partial charge in [0, 0.05) is 44.4 Å². The molecule has 0 atom stereocenters. The van der Waals surface area contributed by atoms with Crippen molar-refractivity contribution in [2.75, 3.05) is 20.1 Å². The average Bonchev–Trinajstić information content (AvgIpc) is 3.37. The minimum Gasteiger partial charge on any atom is -0.356 e. The van der Waals surface area contributed by atoms with Crippen LogP contribution in [0.5, 0.6) is 0 Å². The first-order chi connectivity index (χ1) is 12.8. The zero-order valence-electron chi connectivity index (χ0n) is 15.6. The summed E-state index contributed by atoms with van der Waals surface area (Å²) in [7, 11) is 1.82. The molecule has 2 heterocycles. The Hall–Kier alpha value is -2.09. The Morgan fingerprint density at radius 2 is 1.89 bits per heavy atom. The first-order valence-electron chi connectivity index (χ1n) is 9.22. The molecule has 2 N–H and O–H groups in total. The minimum absolute atomic E-state index is 0. The Morgan fingerprint density at radius 1 is 1.11 bits per heavy atom. The molecule has 0 bridgehead atoms. The summed E-state index contributed by atoms with van der Waals surface area (Å²) < 4.78 is 2.05. The number of imidazole rings is 1. The molecule has 1 aliphatic carbocycles. The first-order valence-corrected chi connectivity index (χ1v) is 9.22. The van der Waals surface area contributed by atoms with Crippen molar-refractivity contribution in [2.45, 2.75) is 24.7 Å². The molecule has 6 heteroatoms. The molecule has 27 heavy (non-hydrogen) atoms. The number of nitrogens with one attached hydrogen (secondary N) is 2. The van der Waals surface area contributed by atoms with E-state index < -0.39 is 0 Å². The van der Waals surface area contributed by atoms with Gasteiger partial charge < -0.3 is 15.0 Å². The monoisotopic (exact) mass is 475 g/mol. The van der Waals surface area contributed by atoms with Gasteiger partial charge in [-0.05, 0) is 30.5 Å².